The molecule has 1 aliphatic heterocycles. The van der Waals surface area contributed by atoms with E-state index in [4.69, 9.17) is 9.47 Å². The van der Waals surface area contributed by atoms with Crippen LogP contribution in [0.2, 0.25) is 0 Å². The van der Waals surface area contributed by atoms with Gasteiger partial charge in [0.2, 0.25) is 0 Å². The number of esters is 1. The highest BCUT2D eigenvalue weighted by molar-refractivity contribution is 5.79. The van der Waals surface area contributed by atoms with E-state index in [1.54, 1.807) is 0 Å². The van der Waals surface area contributed by atoms with Gasteiger partial charge in [0.15, 0.2) is 6.10 Å². The molecule has 0 radical (unpaired) electrons. The van der Waals surface area contributed by atoms with Gasteiger partial charge >= 0.3 is 5.97 Å². The molecular formula is C16H24O3. The standard InChI is InChI=1S/C16H24O3/c1-3-18-14(17)13-15(2,19-13)16-7-10-4-11(8-16)6-12(5-10)9-16/h10-13H,3-9H2,1-2H3. The number of ether oxygens (including phenoxy) is 2. The van der Waals surface area contributed by atoms with E-state index in [9.17, 15) is 4.79 Å². The minimum atomic E-state index is -0.288. The summed E-state index contributed by atoms with van der Waals surface area (Å²) in [6, 6.07) is 0. The first-order chi connectivity index (χ1) is 9.06. The van der Waals surface area contributed by atoms with Gasteiger partial charge in [-0.3, -0.25) is 0 Å². The maximum atomic E-state index is 12.0. The molecule has 106 valence electrons. The van der Waals surface area contributed by atoms with Crippen LogP contribution >= 0.6 is 0 Å². The van der Waals surface area contributed by atoms with Gasteiger partial charge in [-0.05, 0) is 70.1 Å². The number of epoxide rings is 1. The topological polar surface area (TPSA) is 38.8 Å². The lowest BCUT2D eigenvalue weighted by atomic mass is 9.46. The number of carbonyl (C=O) groups is 1. The SMILES string of the molecule is CCOC(=O)C1OC1(C)C12CC3CC(CC(C3)C1)C2. The minimum absolute atomic E-state index is 0.138. The summed E-state index contributed by atoms with van der Waals surface area (Å²) in [6.45, 7) is 4.49. The van der Waals surface area contributed by atoms with Crippen LogP contribution in [0.15, 0.2) is 0 Å². The maximum absolute atomic E-state index is 12.0. The highest BCUT2D eigenvalue weighted by atomic mass is 16.7. The van der Waals surface area contributed by atoms with Gasteiger partial charge in [0.05, 0.1) is 6.61 Å². The Bertz CT molecular complexity index is 381. The van der Waals surface area contributed by atoms with Crippen LogP contribution in [0.4, 0.5) is 0 Å². The average molecular weight is 264 g/mol. The van der Waals surface area contributed by atoms with Gasteiger partial charge in [-0.25, -0.2) is 4.79 Å². The fraction of sp³-hybridized carbons (Fsp3) is 0.938. The third-order valence-electron chi connectivity index (χ3n) is 6.40. The van der Waals surface area contributed by atoms with Crippen LogP contribution in [0, 0.1) is 23.2 Å². The zero-order chi connectivity index (χ0) is 13.3. The Morgan fingerprint density at radius 1 is 1.16 bits per heavy atom. The van der Waals surface area contributed by atoms with Crippen molar-refractivity contribution in [2.24, 2.45) is 23.2 Å². The van der Waals surface area contributed by atoms with Crippen LogP contribution in [0.3, 0.4) is 0 Å². The van der Waals surface area contributed by atoms with E-state index >= 15 is 0 Å². The fourth-order valence-electron chi connectivity index (χ4n) is 5.82. The predicted molar refractivity (Wildman–Crippen MR) is 70.5 cm³/mol. The molecule has 19 heavy (non-hydrogen) atoms. The molecule has 5 aliphatic rings. The lowest BCUT2D eigenvalue weighted by Gasteiger charge is -2.58. The third kappa shape index (κ3) is 1.57. The molecule has 1 heterocycles. The van der Waals surface area contributed by atoms with Crippen LogP contribution in [-0.4, -0.2) is 24.3 Å². The first kappa shape index (κ1) is 12.2. The molecular weight excluding hydrogens is 240 g/mol. The Morgan fingerprint density at radius 2 is 1.68 bits per heavy atom. The number of carbonyl (C=O) groups excluding carboxylic acids is 1. The van der Waals surface area contributed by atoms with E-state index in [-0.39, 0.29) is 23.1 Å². The number of hydrogen-bond acceptors (Lipinski definition) is 3. The number of rotatable bonds is 3. The van der Waals surface area contributed by atoms with Crippen molar-refractivity contribution < 1.29 is 14.3 Å². The number of hydrogen-bond donors (Lipinski definition) is 0. The van der Waals surface area contributed by atoms with Crippen LogP contribution in [-0.2, 0) is 14.3 Å². The molecule has 0 aromatic carbocycles. The molecule has 2 unspecified atom stereocenters. The van der Waals surface area contributed by atoms with Crippen molar-refractivity contribution in [3.05, 3.63) is 0 Å². The van der Waals surface area contributed by atoms with Crippen molar-refractivity contribution in [3.63, 3.8) is 0 Å². The van der Waals surface area contributed by atoms with Gasteiger partial charge in [-0.15, -0.1) is 0 Å². The molecule has 0 aromatic rings. The van der Waals surface area contributed by atoms with Gasteiger partial charge < -0.3 is 9.47 Å². The van der Waals surface area contributed by atoms with Crippen molar-refractivity contribution >= 4 is 5.97 Å². The molecule has 0 spiro atoms. The molecule has 1 saturated heterocycles. The second kappa shape index (κ2) is 3.75. The molecule has 4 saturated carbocycles. The van der Waals surface area contributed by atoms with Crippen molar-refractivity contribution in [2.45, 2.75) is 64.1 Å². The monoisotopic (exact) mass is 264 g/mol. The van der Waals surface area contributed by atoms with Gasteiger partial charge in [0, 0.05) is 5.41 Å². The molecule has 0 N–H and O–H groups in total. The molecule has 3 heteroatoms. The molecule has 3 nitrogen and oxygen atoms in total. The summed E-state index contributed by atoms with van der Waals surface area (Å²) in [6.07, 6.45) is 7.85. The third-order valence-corrected chi connectivity index (χ3v) is 6.40. The van der Waals surface area contributed by atoms with Crippen molar-refractivity contribution in [1.82, 2.24) is 0 Å². The zero-order valence-electron chi connectivity index (χ0n) is 12.0. The zero-order valence-corrected chi connectivity index (χ0v) is 12.0. The van der Waals surface area contributed by atoms with E-state index in [0.29, 0.717) is 6.61 Å². The van der Waals surface area contributed by atoms with Crippen molar-refractivity contribution in [1.29, 1.82) is 0 Å². The minimum Gasteiger partial charge on any atom is -0.464 e. The van der Waals surface area contributed by atoms with Gasteiger partial charge in [0.25, 0.3) is 0 Å². The Balaban J connectivity index is 1.58. The Labute approximate surface area is 115 Å². The first-order valence-electron chi connectivity index (χ1n) is 7.91. The quantitative estimate of drug-likeness (QED) is 0.581. The molecule has 0 aromatic heterocycles. The highest BCUT2D eigenvalue weighted by Crippen LogP contribution is 2.68. The van der Waals surface area contributed by atoms with E-state index in [0.717, 1.165) is 17.8 Å². The van der Waals surface area contributed by atoms with E-state index in [2.05, 4.69) is 6.92 Å². The summed E-state index contributed by atoms with van der Waals surface area (Å²) in [7, 11) is 0. The van der Waals surface area contributed by atoms with Crippen LogP contribution < -0.4 is 0 Å². The summed E-state index contributed by atoms with van der Waals surface area (Å²) in [4.78, 5) is 12.0. The lowest BCUT2D eigenvalue weighted by Crippen LogP contribution is -2.53. The van der Waals surface area contributed by atoms with Crippen LogP contribution in [0.1, 0.15) is 52.4 Å². The van der Waals surface area contributed by atoms with Crippen LogP contribution in [0.5, 0.6) is 0 Å². The van der Waals surface area contributed by atoms with Crippen LogP contribution in [0.25, 0.3) is 0 Å². The second-order valence-corrected chi connectivity index (χ2v) is 7.55. The predicted octanol–water partition coefficient (Wildman–Crippen LogP) is 2.92. The van der Waals surface area contributed by atoms with Crippen molar-refractivity contribution in [2.75, 3.05) is 6.61 Å². The molecule has 5 rings (SSSR count). The fourth-order valence-corrected chi connectivity index (χ4v) is 5.82. The highest BCUT2D eigenvalue weighted by Gasteiger charge is 2.72. The Morgan fingerprint density at radius 3 is 2.16 bits per heavy atom. The van der Waals surface area contributed by atoms with E-state index in [1.165, 1.54) is 38.5 Å². The van der Waals surface area contributed by atoms with Crippen molar-refractivity contribution in [3.8, 4) is 0 Å². The summed E-state index contributed by atoms with van der Waals surface area (Å²) >= 11 is 0. The summed E-state index contributed by atoms with van der Waals surface area (Å²) in [5, 5.41) is 0. The lowest BCUT2D eigenvalue weighted by molar-refractivity contribution is -0.145. The van der Waals surface area contributed by atoms with Gasteiger partial charge in [-0.1, -0.05) is 0 Å². The second-order valence-electron chi connectivity index (χ2n) is 7.55. The maximum Gasteiger partial charge on any atom is 0.338 e. The smallest absolute Gasteiger partial charge is 0.338 e. The summed E-state index contributed by atoms with van der Waals surface area (Å²) < 4.78 is 11.1. The molecule has 5 fully saturated rings. The normalized spacial score (nSPS) is 54.2. The first-order valence-corrected chi connectivity index (χ1v) is 7.91. The molecule has 0 amide bonds. The van der Waals surface area contributed by atoms with E-state index < -0.39 is 0 Å². The summed E-state index contributed by atoms with van der Waals surface area (Å²) in [5.74, 6) is 2.56. The summed E-state index contributed by atoms with van der Waals surface area (Å²) in [5.41, 5.74) is 0.0500. The van der Waals surface area contributed by atoms with Gasteiger partial charge in [-0.2, -0.15) is 0 Å². The largest absolute Gasteiger partial charge is 0.464 e. The van der Waals surface area contributed by atoms with Gasteiger partial charge in [0.1, 0.15) is 5.60 Å². The molecule has 4 aliphatic carbocycles. The molecule has 2 atom stereocenters. The Kier molecular flexibility index (Phi) is 2.41. The molecule has 4 bridgehead atoms. The van der Waals surface area contributed by atoms with E-state index in [1.807, 2.05) is 6.92 Å². The Hall–Kier alpha value is -0.570. The average Bonchev–Trinajstić information content (AvgIpc) is 3.02.